The van der Waals surface area contributed by atoms with E-state index in [1.165, 1.54) is 12.8 Å². The van der Waals surface area contributed by atoms with Gasteiger partial charge >= 0.3 is 0 Å². The molecule has 22 heavy (non-hydrogen) atoms. The molecule has 1 aromatic carbocycles. The van der Waals surface area contributed by atoms with Crippen LogP contribution in [0.5, 0.6) is 5.75 Å². The molecule has 5 heteroatoms. The van der Waals surface area contributed by atoms with Crippen LogP contribution in [0.4, 0.5) is 0 Å². The summed E-state index contributed by atoms with van der Waals surface area (Å²) in [5.74, 6) is 0.388. The second kappa shape index (κ2) is 8.13. The number of hydrogen-bond donors (Lipinski definition) is 1. The Balaban J connectivity index is 2.03. The smallest absolute Gasteiger partial charge is 0.261 e. The van der Waals surface area contributed by atoms with Gasteiger partial charge in [0.1, 0.15) is 5.75 Å². The number of carbonyl (C=O) groups excluding carboxylic acids is 1. The Hall–Kier alpha value is -1.62. The number of nitrogens with one attached hydrogen (secondary N) is 1. The molecule has 0 spiro atoms. The highest BCUT2D eigenvalue weighted by molar-refractivity contribution is 7.80. The maximum absolute atomic E-state index is 12.5. The maximum Gasteiger partial charge on any atom is 0.261 e. The van der Waals surface area contributed by atoms with Crippen LogP contribution in [0.3, 0.4) is 0 Å². The number of thiocarbonyl (C=S) groups is 1. The molecular weight excluding hydrogens is 296 g/mol. The van der Waals surface area contributed by atoms with Crippen molar-refractivity contribution in [3.05, 3.63) is 29.8 Å². The Labute approximate surface area is 137 Å². The lowest BCUT2D eigenvalue weighted by Crippen LogP contribution is -2.43. The average Bonchev–Trinajstić information content (AvgIpc) is 2.76. The highest BCUT2D eigenvalue weighted by Crippen LogP contribution is 2.19. The van der Waals surface area contributed by atoms with Gasteiger partial charge in [-0.1, -0.05) is 25.0 Å². The molecule has 0 saturated carbocycles. The van der Waals surface area contributed by atoms with Crippen LogP contribution >= 0.6 is 12.2 Å². The third kappa shape index (κ3) is 4.70. The number of carbonyl (C=O) groups is 1. The average molecular weight is 320 g/mol. The number of ether oxygens (including phenoxy) is 1. The number of hydrogen-bond acceptors (Lipinski definition) is 3. The number of benzene rings is 1. The van der Waals surface area contributed by atoms with E-state index in [4.69, 9.17) is 17.0 Å². The van der Waals surface area contributed by atoms with Crippen molar-refractivity contribution in [1.29, 1.82) is 0 Å². The van der Waals surface area contributed by atoms with Gasteiger partial charge < -0.3 is 9.64 Å². The van der Waals surface area contributed by atoms with Gasteiger partial charge in [-0.3, -0.25) is 10.1 Å². The first-order valence-corrected chi connectivity index (χ1v) is 8.34. The molecule has 0 radical (unpaired) electrons. The van der Waals surface area contributed by atoms with E-state index in [2.05, 4.69) is 10.2 Å². The topological polar surface area (TPSA) is 41.6 Å². The normalized spacial score (nSPS) is 15.3. The number of para-hydroxylation sites is 1. The van der Waals surface area contributed by atoms with E-state index in [1.54, 1.807) is 6.07 Å². The molecule has 0 aromatic heterocycles. The first kappa shape index (κ1) is 16.7. The summed E-state index contributed by atoms with van der Waals surface area (Å²) in [5.41, 5.74) is 0.522. The Morgan fingerprint density at radius 1 is 1.18 bits per heavy atom. The van der Waals surface area contributed by atoms with E-state index in [1.807, 2.05) is 32.0 Å². The van der Waals surface area contributed by atoms with Gasteiger partial charge in [-0.05, 0) is 51.0 Å². The fraction of sp³-hybridized carbons (Fsp3) is 0.529. The largest absolute Gasteiger partial charge is 0.490 e. The SMILES string of the molecule is CC(C)Oc1ccccc1C(=O)NC(=S)N1CCCCCC1. The first-order valence-electron chi connectivity index (χ1n) is 7.94. The van der Waals surface area contributed by atoms with Gasteiger partial charge in [0.05, 0.1) is 11.7 Å². The third-order valence-electron chi connectivity index (χ3n) is 3.61. The standard InChI is InChI=1S/C17H24N2O2S/c1-13(2)21-15-10-6-5-9-14(15)16(20)18-17(22)19-11-7-3-4-8-12-19/h5-6,9-10,13H,3-4,7-8,11-12H2,1-2H3,(H,18,20,22). The van der Waals surface area contributed by atoms with Crippen molar-refractivity contribution in [1.82, 2.24) is 10.2 Å². The number of nitrogens with zero attached hydrogens (tertiary/aromatic N) is 1. The zero-order valence-electron chi connectivity index (χ0n) is 13.3. The fourth-order valence-electron chi connectivity index (χ4n) is 2.53. The van der Waals surface area contributed by atoms with Crippen molar-refractivity contribution in [2.45, 2.75) is 45.6 Å². The van der Waals surface area contributed by atoms with Gasteiger partial charge in [-0.2, -0.15) is 0 Å². The van der Waals surface area contributed by atoms with Crippen LogP contribution in [-0.2, 0) is 0 Å². The summed E-state index contributed by atoms with van der Waals surface area (Å²) in [4.78, 5) is 14.6. The number of likely N-dealkylation sites (tertiary alicyclic amines) is 1. The molecule has 0 atom stereocenters. The lowest BCUT2D eigenvalue weighted by molar-refractivity contribution is 0.0967. The molecule has 120 valence electrons. The molecule has 1 aromatic rings. The van der Waals surface area contributed by atoms with E-state index in [0.717, 1.165) is 25.9 Å². The van der Waals surface area contributed by atoms with Crippen LogP contribution in [-0.4, -0.2) is 35.1 Å². The zero-order chi connectivity index (χ0) is 15.9. The van der Waals surface area contributed by atoms with Crippen molar-refractivity contribution in [2.24, 2.45) is 0 Å². The van der Waals surface area contributed by atoms with Crippen LogP contribution in [0.15, 0.2) is 24.3 Å². The predicted molar refractivity (Wildman–Crippen MR) is 92.3 cm³/mol. The molecule has 1 aliphatic heterocycles. The van der Waals surface area contributed by atoms with Crippen LogP contribution in [0.1, 0.15) is 49.9 Å². The Morgan fingerprint density at radius 3 is 2.45 bits per heavy atom. The van der Waals surface area contributed by atoms with Gasteiger partial charge in [0.25, 0.3) is 5.91 Å². The number of rotatable bonds is 3. The van der Waals surface area contributed by atoms with Crippen molar-refractivity contribution < 1.29 is 9.53 Å². The minimum Gasteiger partial charge on any atom is -0.490 e. The predicted octanol–water partition coefficient (Wildman–Crippen LogP) is 3.36. The summed E-state index contributed by atoms with van der Waals surface area (Å²) in [5, 5.41) is 3.37. The lowest BCUT2D eigenvalue weighted by atomic mass is 10.2. The summed E-state index contributed by atoms with van der Waals surface area (Å²) in [6.07, 6.45) is 4.74. The molecule has 1 N–H and O–H groups in total. The molecule has 0 unspecified atom stereocenters. The fourth-order valence-corrected chi connectivity index (χ4v) is 2.80. The van der Waals surface area contributed by atoms with Crippen LogP contribution in [0.2, 0.25) is 0 Å². The molecule has 1 amide bonds. The van der Waals surface area contributed by atoms with Crippen molar-refractivity contribution in [2.75, 3.05) is 13.1 Å². The Bertz CT molecular complexity index is 523. The highest BCUT2D eigenvalue weighted by atomic mass is 32.1. The minimum atomic E-state index is -0.203. The molecule has 1 aliphatic rings. The summed E-state index contributed by atoms with van der Waals surface area (Å²) in [6.45, 7) is 5.72. The lowest BCUT2D eigenvalue weighted by Gasteiger charge is -2.23. The van der Waals surface area contributed by atoms with E-state index in [-0.39, 0.29) is 12.0 Å². The van der Waals surface area contributed by atoms with Crippen molar-refractivity contribution >= 4 is 23.2 Å². The molecule has 0 aliphatic carbocycles. The Kier molecular flexibility index (Phi) is 6.19. The van der Waals surface area contributed by atoms with Crippen molar-refractivity contribution in [3.8, 4) is 5.75 Å². The van der Waals surface area contributed by atoms with Crippen LogP contribution in [0.25, 0.3) is 0 Å². The summed E-state index contributed by atoms with van der Waals surface area (Å²) in [6, 6.07) is 7.26. The molecule has 1 heterocycles. The second-order valence-corrected chi connectivity index (χ2v) is 6.21. The molecule has 1 saturated heterocycles. The monoisotopic (exact) mass is 320 g/mol. The van der Waals surface area contributed by atoms with Gasteiger partial charge in [0.2, 0.25) is 0 Å². The van der Waals surface area contributed by atoms with Gasteiger partial charge in [0.15, 0.2) is 5.11 Å². The zero-order valence-corrected chi connectivity index (χ0v) is 14.1. The number of amides is 1. The third-order valence-corrected chi connectivity index (χ3v) is 3.97. The summed E-state index contributed by atoms with van der Waals surface area (Å²) >= 11 is 5.39. The van der Waals surface area contributed by atoms with Crippen molar-refractivity contribution in [3.63, 3.8) is 0 Å². The first-order chi connectivity index (χ1) is 10.6. The van der Waals surface area contributed by atoms with Gasteiger partial charge in [0, 0.05) is 13.1 Å². The minimum absolute atomic E-state index is 0.0199. The highest BCUT2D eigenvalue weighted by Gasteiger charge is 2.18. The van der Waals surface area contributed by atoms with Crippen LogP contribution < -0.4 is 10.1 Å². The quantitative estimate of drug-likeness (QED) is 0.867. The van der Waals surface area contributed by atoms with Gasteiger partial charge in [-0.25, -0.2) is 0 Å². The van der Waals surface area contributed by atoms with E-state index in [9.17, 15) is 4.79 Å². The molecule has 1 fully saturated rings. The van der Waals surface area contributed by atoms with E-state index < -0.39 is 0 Å². The molecule has 0 bridgehead atoms. The second-order valence-electron chi connectivity index (χ2n) is 5.82. The van der Waals surface area contributed by atoms with Crippen LogP contribution in [0, 0.1) is 0 Å². The Morgan fingerprint density at radius 2 is 1.82 bits per heavy atom. The maximum atomic E-state index is 12.5. The summed E-state index contributed by atoms with van der Waals surface area (Å²) in [7, 11) is 0. The molecular formula is C17H24N2O2S. The van der Waals surface area contributed by atoms with Gasteiger partial charge in [-0.15, -0.1) is 0 Å². The molecule has 4 nitrogen and oxygen atoms in total. The van der Waals surface area contributed by atoms with E-state index >= 15 is 0 Å². The van der Waals surface area contributed by atoms with E-state index in [0.29, 0.717) is 16.4 Å². The molecule has 2 rings (SSSR count). The summed E-state index contributed by atoms with van der Waals surface area (Å²) < 4.78 is 5.70.